The van der Waals surface area contributed by atoms with Gasteiger partial charge in [-0.1, -0.05) is 0 Å². The Labute approximate surface area is 99.2 Å². The first-order valence-corrected chi connectivity index (χ1v) is 5.88. The summed E-state index contributed by atoms with van der Waals surface area (Å²) >= 11 is 0. The topological polar surface area (TPSA) is 43.2 Å². The molecule has 0 aromatic carbocycles. The van der Waals surface area contributed by atoms with Gasteiger partial charge in [0.05, 0.1) is 23.7 Å². The van der Waals surface area contributed by atoms with E-state index in [1.807, 2.05) is 24.9 Å². The van der Waals surface area contributed by atoms with Crippen LogP contribution in [0.3, 0.4) is 0 Å². The molecule has 0 saturated carbocycles. The first-order chi connectivity index (χ1) is 8.24. The molecule has 1 saturated heterocycles. The van der Waals surface area contributed by atoms with Crippen LogP contribution in [0.2, 0.25) is 0 Å². The summed E-state index contributed by atoms with van der Waals surface area (Å²) in [6.07, 6.45) is 3.39. The third kappa shape index (κ3) is 1.21. The van der Waals surface area contributed by atoms with Crippen LogP contribution in [0.1, 0.15) is 23.1 Å². The van der Waals surface area contributed by atoms with Gasteiger partial charge in [0.2, 0.25) is 0 Å². The second kappa shape index (κ2) is 2.96. The molecule has 3 heterocycles. The lowest BCUT2D eigenvalue weighted by atomic mass is 10.1. The fourth-order valence-electron chi connectivity index (χ4n) is 2.73. The third-order valence-corrected chi connectivity index (χ3v) is 3.61. The Bertz CT molecular complexity index is 617. The second-order valence-electron chi connectivity index (χ2n) is 4.83. The second-order valence-corrected chi connectivity index (χ2v) is 4.83. The van der Waals surface area contributed by atoms with Crippen molar-refractivity contribution in [1.82, 2.24) is 14.8 Å². The number of hydrogen-bond donors (Lipinski definition) is 0. The van der Waals surface area contributed by atoms with Crippen molar-refractivity contribution in [3.8, 4) is 11.3 Å². The predicted octanol–water partition coefficient (Wildman–Crippen LogP) is 1.79. The summed E-state index contributed by atoms with van der Waals surface area (Å²) in [4.78, 5) is 4.65. The number of pyridine rings is 1. The van der Waals surface area contributed by atoms with Gasteiger partial charge in [-0.25, -0.2) is 0 Å². The molecule has 0 spiro atoms. The van der Waals surface area contributed by atoms with Crippen molar-refractivity contribution in [3.05, 3.63) is 35.3 Å². The van der Waals surface area contributed by atoms with Crippen molar-refractivity contribution in [2.75, 3.05) is 0 Å². The van der Waals surface area contributed by atoms with Crippen LogP contribution in [0, 0.1) is 6.92 Å². The van der Waals surface area contributed by atoms with E-state index in [0.29, 0.717) is 6.10 Å². The van der Waals surface area contributed by atoms with Crippen LogP contribution in [0.4, 0.5) is 0 Å². The summed E-state index contributed by atoms with van der Waals surface area (Å²) in [6, 6.07) is 4.20. The number of aryl methyl sites for hydroxylation is 2. The lowest BCUT2D eigenvalue weighted by Crippen LogP contribution is -2.00. The lowest BCUT2D eigenvalue weighted by Gasteiger charge is -2.08. The molecule has 0 N–H and O–H groups in total. The normalized spacial score (nSPS) is 24.6. The highest BCUT2D eigenvalue weighted by Gasteiger charge is 2.46. The van der Waals surface area contributed by atoms with Gasteiger partial charge in [0.15, 0.2) is 0 Å². The van der Waals surface area contributed by atoms with Crippen molar-refractivity contribution >= 4 is 0 Å². The number of aromatic nitrogens is 3. The van der Waals surface area contributed by atoms with Crippen LogP contribution in [0.25, 0.3) is 11.3 Å². The SMILES string of the molecule is Cc1ccc2c(n1)C1OC1Cc1cnn(C)c1-2. The number of ether oxygens (including phenoxy) is 1. The van der Waals surface area contributed by atoms with E-state index < -0.39 is 0 Å². The van der Waals surface area contributed by atoms with Crippen molar-refractivity contribution < 1.29 is 4.74 Å². The maximum absolute atomic E-state index is 5.71. The summed E-state index contributed by atoms with van der Waals surface area (Å²) in [6.45, 7) is 2.02. The van der Waals surface area contributed by atoms with Crippen LogP contribution >= 0.6 is 0 Å². The molecule has 4 nitrogen and oxygen atoms in total. The molecule has 2 aromatic rings. The van der Waals surface area contributed by atoms with Crippen LogP contribution in [-0.4, -0.2) is 20.9 Å². The molecule has 0 amide bonds. The van der Waals surface area contributed by atoms with Gasteiger partial charge in [0, 0.05) is 30.3 Å². The predicted molar refractivity (Wildman–Crippen MR) is 62.5 cm³/mol. The quantitative estimate of drug-likeness (QED) is 0.644. The fraction of sp³-hybridized carbons (Fsp3) is 0.385. The Hall–Kier alpha value is -1.68. The summed E-state index contributed by atoms with van der Waals surface area (Å²) in [5, 5.41) is 4.35. The number of epoxide rings is 1. The summed E-state index contributed by atoms with van der Waals surface area (Å²) in [5.74, 6) is 0. The van der Waals surface area contributed by atoms with E-state index in [1.54, 1.807) is 0 Å². The summed E-state index contributed by atoms with van der Waals surface area (Å²) in [7, 11) is 1.99. The fourth-order valence-corrected chi connectivity index (χ4v) is 2.73. The van der Waals surface area contributed by atoms with Crippen LogP contribution < -0.4 is 0 Å². The van der Waals surface area contributed by atoms with Crippen LogP contribution in [0.5, 0.6) is 0 Å². The number of fused-ring (bicyclic) bond motifs is 5. The Kier molecular flexibility index (Phi) is 1.63. The molecule has 0 radical (unpaired) electrons. The molecule has 1 aliphatic heterocycles. The highest BCUT2D eigenvalue weighted by Crippen LogP contribution is 2.47. The maximum Gasteiger partial charge on any atom is 0.127 e. The lowest BCUT2D eigenvalue weighted by molar-refractivity contribution is 0.369. The minimum Gasteiger partial charge on any atom is -0.362 e. The largest absolute Gasteiger partial charge is 0.362 e. The highest BCUT2D eigenvalue weighted by molar-refractivity contribution is 5.68. The minimum absolute atomic E-state index is 0.192. The van der Waals surface area contributed by atoms with Gasteiger partial charge in [0.1, 0.15) is 6.10 Å². The van der Waals surface area contributed by atoms with Crippen LogP contribution in [-0.2, 0) is 18.2 Å². The minimum atomic E-state index is 0.192. The van der Waals surface area contributed by atoms with Gasteiger partial charge in [-0.05, 0) is 19.1 Å². The van der Waals surface area contributed by atoms with E-state index in [2.05, 4.69) is 22.2 Å². The van der Waals surface area contributed by atoms with Crippen LogP contribution in [0.15, 0.2) is 18.3 Å². The Morgan fingerprint density at radius 1 is 1.41 bits per heavy atom. The van der Waals surface area contributed by atoms with Crippen molar-refractivity contribution in [3.63, 3.8) is 0 Å². The van der Waals surface area contributed by atoms with E-state index in [9.17, 15) is 0 Å². The first-order valence-electron chi connectivity index (χ1n) is 5.88. The maximum atomic E-state index is 5.71. The Morgan fingerprint density at radius 3 is 3.18 bits per heavy atom. The number of hydrogen-bond acceptors (Lipinski definition) is 3. The van der Waals surface area contributed by atoms with Crippen molar-refractivity contribution in [1.29, 1.82) is 0 Å². The van der Waals surface area contributed by atoms with Gasteiger partial charge in [0.25, 0.3) is 0 Å². The molecule has 86 valence electrons. The first kappa shape index (κ1) is 9.36. The molecule has 0 bridgehead atoms. The molecule has 2 atom stereocenters. The Morgan fingerprint density at radius 2 is 2.29 bits per heavy atom. The zero-order chi connectivity index (χ0) is 11.6. The van der Waals surface area contributed by atoms with E-state index in [0.717, 1.165) is 17.8 Å². The van der Waals surface area contributed by atoms with E-state index in [4.69, 9.17) is 4.74 Å². The molecule has 17 heavy (non-hydrogen) atoms. The average Bonchev–Trinajstić information content (AvgIpc) is 2.98. The monoisotopic (exact) mass is 227 g/mol. The molecule has 4 heteroatoms. The molecule has 4 rings (SSSR count). The standard InChI is InChI=1S/C13H13N3O/c1-7-3-4-9-11(15-7)13-10(17-13)5-8-6-14-16(2)12(8)9/h3-4,6,10,13H,5H2,1-2H3. The van der Waals surface area contributed by atoms with Gasteiger partial charge in [-0.15, -0.1) is 0 Å². The van der Waals surface area contributed by atoms with E-state index in [-0.39, 0.29) is 6.10 Å². The van der Waals surface area contributed by atoms with Gasteiger partial charge in [-0.2, -0.15) is 5.10 Å². The smallest absolute Gasteiger partial charge is 0.127 e. The molecular formula is C13H13N3O. The van der Waals surface area contributed by atoms with Crippen molar-refractivity contribution in [2.24, 2.45) is 7.05 Å². The third-order valence-electron chi connectivity index (χ3n) is 3.61. The number of rotatable bonds is 0. The average molecular weight is 227 g/mol. The summed E-state index contributed by atoms with van der Waals surface area (Å²) < 4.78 is 7.65. The van der Waals surface area contributed by atoms with Gasteiger partial charge >= 0.3 is 0 Å². The molecule has 2 unspecified atom stereocenters. The Balaban J connectivity index is 2.04. The van der Waals surface area contributed by atoms with Gasteiger partial charge < -0.3 is 4.74 Å². The molecule has 1 fully saturated rings. The zero-order valence-electron chi connectivity index (χ0n) is 9.84. The van der Waals surface area contributed by atoms with E-state index in [1.165, 1.54) is 16.8 Å². The number of nitrogens with zero attached hydrogens (tertiary/aromatic N) is 3. The zero-order valence-corrected chi connectivity index (χ0v) is 9.84. The highest BCUT2D eigenvalue weighted by atomic mass is 16.6. The summed E-state index contributed by atoms with van der Waals surface area (Å²) in [5.41, 5.74) is 5.77. The molecule has 2 aliphatic rings. The molecule has 1 aliphatic carbocycles. The van der Waals surface area contributed by atoms with E-state index >= 15 is 0 Å². The molecular weight excluding hydrogens is 214 g/mol. The van der Waals surface area contributed by atoms with Gasteiger partial charge in [-0.3, -0.25) is 9.67 Å². The molecule has 2 aromatic heterocycles. The van der Waals surface area contributed by atoms with Crippen molar-refractivity contribution in [2.45, 2.75) is 25.6 Å².